The summed E-state index contributed by atoms with van der Waals surface area (Å²) in [5.41, 5.74) is 5.90. The Labute approximate surface area is 72.8 Å². The second kappa shape index (κ2) is 4.51. The Bertz CT molecular complexity index is 97.6. The van der Waals surface area contributed by atoms with Crippen LogP contribution in [0.5, 0.6) is 0 Å². The first-order chi connectivity index (χ1) is 4.84. The fourth-order valence-electron chi connectivity index (χ4n) is 1.17. The van der Waals surface area contributed by atoms with E-state index in [-0.39, 0.29) is 0 Å². The first-order valence-electron chi connectivity index (χ1n) is 3.61. The number of nitrogens with two attached hydrogens (primary N) is 1. The van der Waals surface area contributed by atoms with Crippen LogP contribution in [0.4, 0.5) is 0 Å². The Morgan fingerprint density at radius 3 is 3.10 bits per heavy atom. The Morgan fingerprint density at radius 1 is 1.70 bits per heavy atom. The van der Waals surface area contributed by atoms with Crippen molar-refractivity contribution < 1.29 is 25.9 Å². The molecule has 1 fully saturated rings. The second-order valence-corrected chi connectivity index (χ2v) is 5.12. The predicted molar refractivity (Wildman–Crippen MR) is 37.7 cm³/mol. The van der Waals surface area contributed by atoms with Crippen molar-refractivity contribution in [2.24, 2.45) is 11.7 Å². The van der Waals surface area contributed by atoms with Crippen molar-refractivity contribution in [3.8, 4) is 0 Å². The summed E-state index contributed by atoms with van der Waals surface area (Å²) in [6.45, 7) is 1.79. The van der Waals surface area contributed by atoms with Crippen LogP contribution >= 0.6 is 0 Å². The zero-order valence-corrected chi connectivity index (χ0v) is 8.50. The molecule has 62 valence electrons. The van der Waals surface area contributed by atoms with E-state index in [1.54, 1.807) is 0 Å². The van der Waals surface area contributed by atoms with Crippen molar-refractivity contribution in [3.05, 3.63) is 0 Å². The molecule has 1 heterocycles. The molecule has 2 atom stereocenters. The van der Waals surface area contributed by atoms with Crippen molar-refractivity contribution >= 4 is 0 Å². The predicted octanol–water partition coefficient (Wildman–Crippen LogP) is -2.93. The SMILES string of the molecule is C[I-]C[C@H]1COCC[C@H]1N. The summed E-state index contributed by atoms with van der Waals surface area (Å²) < 4.78 is 6.68. The van der Waals surface area contributed by atoms with Crippen molar-refractivity contribution in [3.63, 3.8) is 0 Å². The fourth-order valence-corrected chi connectivity index (χ4v) is 3.21. The number of alkyl halides is 2. The third-order valence-corrected chi connectivity index (χ3v) is 3.90. The molecular weight excluding hydrogens is 241 g/mol. The van der Waals surface area contributed by atoms with E-state index in [0.717, 1.165) is 19.6 Å². The third-order valence-electron chi connectivity index (χ3n) is 1.89. The van der Waals surface area contributed by atoms with Crippen LogP contribution in [-0.4, -0.2) is 28.6 Å². The molecule has 10 heavy (non-hydrogen) atoms. The van der Waals surface area contributed by atoms with Gasteiger partial charge in [0.2, 0.25) is 0 Å². The van der Waals surface area contributed by atoms with Gasteiger partial charge in [-0.15, -0.1) is 0 Å². The maximum atomic E-state index is 5.90. The van der Waals surface area contributed by atoms with Gasteiger partial charge in [0.15, 0.2) is 0 Å². The average Bonchev–Trinajstić information content (AvgIpc) is 1.94. The normalized spacial score (nSPS) is 34.6. The average molecular weight is 256 g/mol. The Morgan fingerprint density at radius 2 is 2.50 bits per heavy atom. The first-order valence-corrected chi connectivity index (χ1v) is 7.30. The van der Waals surface area contributed by atoms with Crippen LogP contribution < -0.4 is 26.9 Å². The van der Waals surface area contributed by atoms with Gasteiger partial charge in [-0.25, -0.2) is 0 Å². The van der Waals surface area contributed by atoms with Crippen molar-refractivity contribution in [2.75, 3.05) is 22.6 Å². The Hall–Kier alpha value is 0.650. The van der Waals surface area contributed by atoms with E-state index < -0.39 is 0 Å². The summed E-state index contributed by atoms with van der Waals surface area (Å²) in [6.07, 6.45) is 1.06. The topological polar surface area (TPSA) is 35.2 Å². The van der Waals surface area contributed by atoms with Gasteiger partial charge < -0.3 is 0 Å². The molecule has 0 aromatic heterocycles. The first kappa shape index (κ1) is 8.74. The summed E-state index contributed by atoms with van der Waals surface area (Å²) in [5, 5.41) is 0. The van der Waals surface area contributed by atoms with E-state index >= 15 is 0 Å². The molecule has 0 amide bonds. The van der Waals surface area contributed by atoms with Crippen molar-refractivity contribution in [1.29, 1.82) is 0 Å². The Kier molecular flexibility index (Phi) is 3.95. The molecule has 1 aliphatic rings. The van der Waals surface area contributed by atoms with E-state index in [9.17, 15) is 0 Å². The molecule has 0 radical (unpaired) electrons. The van der Waals surface area contributed by atoms with E-state index in [0.29, 0.717) is 33.2 Å². The molecule has 0 saturated carbocycles. The Balaban J connectivity index is 2.25. The van der Waals surface area contributed by atoms with Crippen molar-refractivity contribution in [1.82, 2.24) is 0 Å². The summed E-state index contributed by atoms with van der Waals surface area (Å²) in [4.78, 5) is 2.31. The van der Waals surface area contributed by atoms with Gasteiger partial charge in [0, 0.05) is 0 Å². The van der Waals surface area contributed by atoms with Gasteiger partial charge in [-0.1, -0.05) is 0 Å². The second-order valence-electron chi connectivity index (χ2n) is 2.71. The molecule has 0 bridgehead atoms. The van der Waals surface area contributed by atoms with Crippen LogP contribution in [0.2, 0.25) is 0 Å². The standard InChI is InChI=1S/C7H15INO/c1-8-4-6-5-10-3-2-7(6)9/h6-7H,2-5,9H2,1H3/q-1/t6-,7+/m0/s1. The van der Waals surface area contributed by atoms with E-state index in [2.05, 4.69) is 4.93 Å². The minimum atomic E-state index is 0.395. The molecule has 0 unspecified atom stereocenters. The molecule has 0 aromatic carbocycles. The summed E-state index contributed by atoms with van der Waals surface area (Å²) in [5.74, 6) is 0.673. The van der Waals surface area contributed by atoms with Gasteiger partial charge in [0.05, 0.1) is 0 Å². The number of halogens is 1. The van der Waals surface area contributed by atoms with Crippen LogP contribution in [-0.2, 0) is 4.74 Å². The van der Waals surface area contributed by atoms with Gasteiger partial charge in [-0.3, -0.25) is 0 Å². The van der Waals surface area contributed by atoms with E-state index in [1.807, 2.05) is 0 Å². The van der Waals surface area contributed by atoms with Crippen LogP contribution in [0.15, 0.2) is 0 Å². The molecular formula is C7H15INO-. The fraction of sp³-hybridized carbons (Fsp3) is 1.00. The van der Waals surface area contributed by atoms with Gasteiger partial charge in [0.1, 0.15) is 0 Å². The third kappa shape index (κ3) is 2.36. The molecule has 2 nitrogen and oxygen atoms in total. The van der Waals surface area contributed by atoms with Crippen LogP contribution in [0.25, 0.3) is 0 Å². The van der Waals surface area contributed by atoms with Crippen molar-refractivity contribution in [2.45, 2.75) is 12.5 Å². The molecule has 2 N–H and O–H groups in total. The van der Waals surface area contributed by atoms with Gasteiger partial charge in [0.25, 0.3) is 0 Å². The summed E-state index contributed by atoms with van der Waals surface area (Å²) >= 11 is 0.395. The molecule has 3 heteroatoms. The van der Waals surface area contributed by atoms with Crippen LogP contribution in [0.3, 0.4) is 0 Å². The minimum absolute atomic E-state index is 0.395. The van der Waals surface area contributed by atoms with Crippen LogP contribution in [0, 0.1) is 5.92 Å². The molecule has 1 aliphatic heterocycles. The van der Waals surface area contributed by atoms with Gasteiger partial charge in [-0.05, 0) is 0 Å². The van der Waals surface area contributed by atoms with E-state index in [4.69, 9.17) is 10.5 Å². The molecule has 0 spiro atoms. The summed E-state index contributed by atoms with van der Waals surface area (Å²) in [6, 6.07) is 0.424. The maximum absolute atomic E-state index is 5.90. The van der Waals surface area contributed by atoms with E-state index in [1.165, 1.54) is 4.43 Å². The quantitative estimate of drug-likeness (QED) is 0.424. The number of hydrogen-bond acceptors (Lipinski definition) is 2. The number of hydrogen-bond donors (Lipinski definition) is 1. The van der Waals surface area contributed by atoms with Gasteiger partial charge >= 0.3 is 72.6 Å². The zero-order valence-electron chi connectivity index (χ0n) is 6.35. The summed E-state index contributed by atoms with van der Waals surface area (Å²) in [7, 11) is 0. The number of rotatable bonds is 2. The molecule has 1 saturated heterocycles. The molecule has 1 rings (SSSR count). The van der Waals surface area contributed by atoms with Crippen LogP contribution in [0.1, 0.15) is 6.42 Å². The monoisotopic (exact) mass is 256 g/mol. The number of ether oxygens (including phenoxy) is 1. The van der Waals surface area contributed by atoms with Gasteiger partial charge in [-0.2, -0.15) is 0 Å². The zero-order chi connectivity index (χ0) is 7.40. The molecule has 0 aromatic rings. The molecule has 0 aliphatic carbocycles.